The average molecular weight is 349 g/mol. The van der Waals surface area contributed by atoms with Crippen molar-refractivity contribution in [1.29, 1.82) is 0 Å². The summed E-state index contributed by atoms with van der Waals surface area (Å²) >= 11 is 0. The van der Waals surface area contributed by atoms with Crippen molar-refractivity contribution in [2.75, 3.05) is 31.1 Å². The summed E-state index contributed by atoms with van der Waals surface area (Å²) in [5.41, 5.74) is -0.0607. The van der Waals surface area contributed by atoms with Gasteiger partial charge >= 0.3 is 5.97 Å². The van der Waals surface area contributed by atoms with Crippen LogP contribution in [0.5, 0.6) is 5.75 Å². The number of aliphatic carboxylic acids is 1. The highest BCUT2D eigenvalue weighted by Gasteiger charge is 2.34. The quantitative estimate of drug-likeness (QED) is 0.609. The zero-order valence-electron chi connectivity index (χ0n) is 13.1. The van der Waals surface area contributed by atoms with Crippen LogP contribution >= 0.6 is 0 Å². The molecule has 1 fully saturated rings. The summed E-state index contributed by atoms with van der Waals surface area (Å²) in [6.45, 7) is -0.191. The summed E-state index contributed by atoms with van der Waals surface area (Å²) in [6, 6.07) is 3.82. The third-order valence-electron chi connectivity index (χ3n) is 4.28. The zero-order valence-corrected chi connectivity index (χ0v) is 13.1. The van der Waals surface area contributed by atoms with Crippen LogP contribution in [0.4, 0.5) is 11.4 Å². The van der Waals surface area contributed by atoms with E-state index in [-0.39, 0.29) is 36.8 Å². The van der Waals surface area contributed by atoms with Crippen LogP contribution in [0.3, 0.4) is 0 Å². The fraction of sp³-hybridized carbons (Fsp3) is 0.400. The van der Waals surface area contributed by atoms with E-state index >= 15 is 0 Å². The van der Waals surface area contributed by atoms with E-state index in [0.29, 0.717) is 13.0 Å². The molecule has 1 unspecified atom stereocenters. The van der Waals surface area contributed by atoms with Gasteiger partial charge in [-0.15, -0.1) is 0 Å². The number of carbonyl (C=O) groups excluding carboxylic acids is 2. The van der Waals surface area contributed by atoms with Crippen LogP contribution in [0.15, 0.2) is 18.2 Å². The molecule has 10 heteroatoms. The van der Waals surface area contributed by atoms with Gasteiger partial charge in [-0.25, -0.2) is 0 Å². The van der Waals surface area contributed by atoms with E-state index in [4.69, 9.17) is 9.84 Å². The second kappa shape index (κ2) is 6.38. The summed E-state index contributed by atoms with van der Waals surface area (Å²) < 4.78 is 5.24. The number of carboxylic acid groups (broad SMARTS) is 1. The lowest BCUT2D eigenvalue weighted by Gasteiger charge is -2.30. The van der Waals surface area contributed by atoms with E-state index in [9.17, 15) is 24.5 Å². The number of carboxylic acids is 1. The Morgan fingerprint density at radius 2 is 2.16 bits per heavy atom. The van der Waals surface area contributed by atoms with Crippen LogP contribution in [-0.2, 0) is 14.4 Å². The van der Waals surface area contributed by atoms with Gasteiger partial charge in [-0.2, -0.15) is 0 Å². The molecular weight excluding hydrogens is 334 g/mol. The van der Waals surface area contributed by atoms with E-state index in [2.05, 4.69) is 0 Å². The molecule has 0 saturated carbocycles. The molecule has 1 atom stereocenters. The lowest BCUT2D eigenvalue weighted by Crippen LogP contribution is -2.46. The molecule has 2 amide bonds. The number of ether oxygens (including phenoxy) is 1. The number of fused-ring (bicyclic) bond motifs is 1. The Hall–Kier alpha value is -3.17. The van der Waals surface area contributed by atoms with Crippen molar-refractivity contribution in [3.8, 4) is 5.75 Å². The smallest absolute Gasteiger partial charge is 0.308 e. The first kappa shape index (κ1) is 16.7. The van der Waals surface area contributed by atoms with Gasteiger partial charge in [0.05, 0.1) is 16.5 Å². The highest BCUT2D eigenvalue weighted by molar-refractivity contribution is 6.02. The van der Waals surface area contributed by atoms with Crippen molar-refractivity contribution in [1.82, 2.24) is 4.90 Å². The first-order chi connectivity index (χ1) is 11.9. The number of likely N-dealkylation sites (tertiary alicyclic amines) is 1. The molecule has 3 rings (SSSR count). The predicted octanol–water partition coefficient (Wildman–Crippen LogP) is 0.253. The van der Waals surface area contributed by atoms with Gasteiger partial charge in [0, 0.05) is 25.2 Å². The van der Waals surface area contributed by atoms with Crippen LogP contribution in [0, 0.1) is 16.0 Å². The second-order valence-corrected chi connectivity index (χ2v) is 5.84. The lowest BCUT2D eigenvalue weighted by molar-refractivity contribution is -0.384. The molecule has 132 valence electrons. The molecule has 25 heavy (non-hydrogen) atoms. The van der Waals surface area contributed by atoms with Gasteiger partial charge in [-0.05, 0) is 12.5 Å². The molecule has 0 aromatic heterocycles. The average Bonchev–Trinajstić information content (AvgIpc) is 3.07. The fourth-order valence-electron chi connectivity index (χ4n) is 2.90. The van der Waals surface area contributed by atoms with Crippen LogP contribution in [0.25, 0.3) is 0 Å². The van der Waals surface area contributed by atoms with E-state index in [0.717, 1.165) is 4.90 Å². The normalized spacial score (nSPS) is 19.4. The van der Waals surface area contributed by atoms with Crippen molar-refractivity contribution in [3.05, 3.63) is 28.3 Å². The number of non-ortho nitro benzene ring substituents is 1. The topological polar surface area (TPSA) is 130 Å². The van der Waals surface area contributed by atoms with Gasteiger partial charge in [-0.1, -0.05) is 0 Å². The summed E-state index contributed by atoms with van der Waals surface area (Å²) in [4.78, 5) is 48.4. The van der Waals surface area contributed by atoms with Crippen molar-refractivity contribution in [2.24, 2.45) is 5.92 Å². The number of rotatable bonds is 4. The molecule has 1 aromatic rings. The van der Waals surface area contributed by atoms with Crippen molar-refractivity contribution in [2.45, 2.75) is 6.42 Å². The molecule has 1 saturated heterocycles. The number of hydrogen-bond acceptors (Lipinski definition) is 6. The van der Waals surface area contributed by atoms with Crippen LogP contribution in [0.2, 0.25) is 0 Å². The molecule has 0 bridgehead atoms. The molecule has 0 radical (unpaired) electrons. The number of carbonyl (C=O) groups is 3. The third kappa shape index (κ3) is 3.23. The van der Waals surface area contributed by atoms with E-state index in [1.807, 2.05) is 0 Å². The molecule has 2 heterocycles. The Bertz CT molecular complexity index is 763. The predicted molar refractivity (Wildman–Crippen MR) is 83.3 cm³/mol. The summed E-state index contributed by atoms with van der Waals surface area (Å²) in [6.07, 6.45) is 0.361. The first-order valence-electron chi connectivity index (χ1n) is 7.59. The number of nitrogens with zero attached hydrogens (tertiary/aromatic N) is 3. The zero-order chi connectivity index (χ0) is 18.1. The molecule has 1 aromatic carbocycles. The monoisotopic (exact) mass is 349 g/mol. The first-order valence-corrected chi connectivity index (χ1v) is 7.59. The van der Waals surface area contributed by atoms with Gasteiger partial charge in [0.2, 0.25) is 5.91 Å². The van der Waals surface area contributed by atoms with Gasteiger partial charge < -0.3 is 14.7 Å². The number of hydrogen-bond donors (Lipinski definition) is 1. The minimum Gasteiger partial charge on any atom is -0.482 e. The Labute approximate surface area is 141 Å². The number of nitro groups is 1. The molecule has 1 N–H and O–H groups in total. The Balaban J connectivity index is 1.80. The SMILES string of the molecule is O=C(O)C1CCN(C(=O)CN2C(=O)COc3ccc([N+](=O)[O-])cc32)C1. The molecule has 0 aliphatic carbocycles. The molecule has 0 spiro atoms. The van der Waals surface area contributed by atoms with Gasteiger partial charge in [0.1, 0.15) is 12.3 Å². The highest BCUT2D eigenvalue weighted by Crippen LogP contribution is 2.35. The van der Waals surface area contributed by atoms with Crippen LogP contribution < -0.4 is 9.64 Å². The van der Waals surface area contributed by atoms with Crippen LogP contribution in [0.1, 0.15) is 6.42 Å². The summed E-state index contributed by atoms with van der Waals surface area (Å²) in [7, 11) is 0. The Kier molecular flexibility index (Phi) is 4.26. The van der Waals surface area contributed by atoms with Crippen LogP contribution in [-0.4, -0.2) is 59.0 Å². The standard InChI is InChI=1S/C15H15N3O7/c19-13(16-4-3-9(6-16)15(21)22)7-17-11-5-10(18(23)24)1-2-12(11)25-8-14(17)20/h1-2,5,9H,3-4,6-8H2,(H,21,22). The second-order valence-electron chi connectivity index (χ2n) is 5.84. The third-order valence-corrected chi connectivity index (χ3v) is 4.28. The number of nitro benzene ring substituents is 1. The summed E-state index contributed by atoms with van der Waals surface area (Å²) in [5.74, 6) is -2.19. The minimum absolute atomic E-state index is 0.0918. The van der Waals surface area contributed by atoms with Crippen molar-refractivity contribution >= 4 is 29.2 Å². The molecule has 2 aliphatic rings. The number of benzene rings is 1. The van der Waals surface area contributed by atoms with Gasteiger partial charge in [-0.3, -0.25) is 29.4 Å². The highest BCUT2D eigenvalue weighted by atomic mass is 16.6. The largest absolute Gasteiger partial charge is 0.482 e. The minimum atomic E-state index is -0.960. The molecule has 10 nitrogen and oxygen atoms in total. The van der Waals surface area contributed by atoms with E-state index in [1.54, 1.807) is 0 Å². The molecule has 2 aliphatic heterocycles. The maximum Gasteiger partial charge on any atom is 0.308 e. The summed E-state index contributed by atoms with van der Waals surface area (Å²) in [5, 5.41) is 19.9. The Morgan fingerprint density at radius 1 is 1.40 bits per heavy atom. The Morgan fingerprint density at radius 3 is 2.80 bits per heavy atom. The van der Waals surface area contributed by atoms with Gasteiger partial charge in [0.15, 0.2) is 6.61 Å². The van der Waals surface area contributed by atoms with Crippen molar-refractivity contribution in [3.63, 3.8) is 0 Å². The number of amides is 2. The van der Waals surface area contributed by atoms with Crippen molar-refractivity contribution < 1.29 is 29.2 Å². The lowest BCUT2D eigenvalue weighted by atomic mass is 10.1. The van der Waals surface area contributed by atoms with E-state index < -0.39 is 28.6 Å². The molecular formula is C15H15N3O7. The maximum atomic E-state index is 12.4. The fourth-order valence-corrected chi connectivity index (χ4v) is 2.90. The van der Waals surface area contributed by atoms with E-state index in [1.165, 1.54) is 23.1 Å². The maximum absolute atomic E-state index is 12.4. The number of anilines is 1. The van der Waals surface area contributed by atoms with Gasteiger partial charge in [0.25, 0.3) is 11.6 Å².